The van der Waals surface area contributed by atoms with E-state index in [1.54, 1.807) is 6.07 Å². The zero-order valence-corrected chi connectivity index (χ0v) is 17.4. The number of hydrogen-bond donors (Lipinski definition) is 2. The highest BCUT2D eigenvalue weighted by Crippen LogP contribution is 2.02. The second-order valence-electron chi connectivity index (χ2n) is 5.61. The highest BCUT2D eigenvalue weighted by atomic mass is 35.5. The Balaban J connectivity index is 0.00000841. The van der Waals surface area contributed by atoms with Crippen molar-refractivity contribution in [1.29, 1.82) is 0 Å². The Labute approximate surface area is 180 Å². The molecule has 0 aromatic carbocycles. The van der Waals surface area contributed by atoms with Gasteiger partial charge < -0.3 is 33.9 Å². The third-order valence-electron chi connectivity index (χ3n) is 3.38. The summed E-state index contributed by atoms with van der Waals surface area (Å²) in [6.45, 7) is 3.91. The van der Waals surface area contributed by atoms with E-state index < -0.39 is 5.97 Å². The smallest absolute Gasteiger partial charge is 0.323 e. The molecule has 0 aliphatic carbocycles. The maximum atomic E-state index is 11.5. The molecule has 0 unspecified atom stereocenters. The summed E-state index contributed by atoms with van der Waals surface area (Å²) < 4.78 is 22.4. The first-order valence-corrected chi connectivity index (χ1v) is 9.11. The number of carbonyl (C=O) groups is 1. The van der Waals surface area contributed by atoms with Crippen LogP contribution in [0.2, 0.25) is 0 Å². The van der Waals surface area contributed by atoms with Crippen LogP contribution in [0.3, 0.4) is 0 Å². The van der Waals surface area contributed by atoms with E-state index in [1.807, 2.05) is 0 Å². The molecule has 170 valence electrons. The maximum Gasteiger partial charge on any atom is 0.323 e. The van der Waals surface area contributed by atoms with E-state index in [1.165, 1.54) is 12.3 Å². The minimum Gasteiger partial charge on any atom is -0.480 e. The van der Waals surface area contributed by atoms with Crippen molar-refractivity contribution in [3.63, 3.8) is 0 Å². The number of halogens is 1. The molecule has 13 heteroatoms. The summed E-state index contributed by atoms with van der Waals surface area (Å²) in [6, 6.07) is 2.91. The summed E-state index contributed by atoms with van der Waals surface area (Å²) in [7, 11) is 0. The predicted molar refractivity (Wildman–Crippen MR) is 111 cm³/mol. The summed E-state index contributed by atoms with van der Waals surface area (Å²) in [4.78, 5) is 24.9. The Morgan fingerprint density at radius 3 is 2.17 bits per heavy atom. The van der Waals surface area contributed by atoms with Crippen LogP contribution in [0.5, 0.6) is 0 Å². The molecule has 30 heavy (non-hydrogen) atoms. The van der Waals surface area contributed by atoms with Gasteiger partial charge in [0, 0.05) is 30.3 Å². The molecule has 0 aliphatic rings. The van der Waals surface area contributed by atoms with Gasteiger partial charge in [-0.05, 0) is 11.6 Å². The van der Waals surface area contributed by atoms with Crippen molar-refractivity contribution in [2.24, 2.45) is 5.11 Å². The number of carboxylic acids is 1. The van der Waals surface area contributed by atoms with E-state index in [0.29, 0.717) is 71.6 Å². The molecule has 1 aromatic heterocycles. The Hall–Kier alpha value is -2.34. The van der Waals surface area contributed by atoms with Gasteiger partial charge in [0.15, 0.2) is 0 Å². The number of nitrogens with one attached hydrogen (secondary N) is 1. The number of rotatable bonds is 18. The zero-order valence-electron chi connectivity index (χ0n) is 16.6. The van der Waals surface area contributed by atoms with Crippen LogP contribution in [0, 0.1) is 0 Å². The summed E-state index contributed by atoms with van der Waals surface area (Å²) >= 11 is 0. The number of nitrogens with zero attached hydrogens (tertiary/aromatic N) is 4. The second kappa shape index (κ2) is 18.7. The minimum absolute atomic E-state index is 0. The zero-order chi connectivity index (χ0) is 21.2. The molecule has 0 fully saturated rings. The average molecular weight is 450 g/mol. The first-order chi connectivity index (χ1) is 14.1. The minimum atomic E-state index is -1.08. The predicted octanol–water partition coefficient (Wildman–Crippen LogP) is 1.14. The van der Waals surface area contributed by atoms with Gasteiger partial charge in [0.2, 0.25) is 0 Å². The van der Waals surface area contributed by atoms with E-state index in [4.69, 9.17) is 29.6 Å². The molecule has 0 saturated heterocycles. The largest absolute Gasteiger partial charge is 0.480 e. The van der Waals surface area contributed by atoms with Crippen LogP contribution < -0.4 is 10.9 Å². The van der Waals surface area contributed by atoms with Crippen LogP contribution >= 0.6 is 12.4 Å². The molecule has 1 heterocycles. The van der Waals surface area contributed by atoms with E-state index in [0.717, 1.165) is 4.57 Å². The molecule has 0 saturated carbocycles. The molecule has 0 bridgehead atoms. The molecule has 1 rings (SSSR count). The number of ether oxygens (including phenoxy) is 4. The van der Waals surface area contributed by atoms with Gasteiger partial charge in [-0.25, -0.2) is 0 Å². The van der Waals surface area contributed by atoms with Gasteiger partial charge in [0.1, 0.15) is 6.54 Å². The summed E-state index contributed by atoms with van der Waals surface area (Å²) in [5.74, 6) is -1.08. The molecular weight excluding hydrogens is 422 g/mol. The lowest BCUT2D eigenvalue weighted by atomic mass is 10.4. The Kier molecular flexibility index (Phi) is 17.2. The fourth-order valence-electron chi connectivity index (χ4n) is 2.08. The SMILES string of the molecule is Cl.[N-]=[N+]=NCCOCCOCCOCCOCCNc1ccc(=O)n(CC(=O)O)c1. The summed E-state index contributed by atoms with van der Waals surface area (Å²) in [5, 5.41) is 15.2. The van der Waals surface area contributed by atoms with Crippen molar-refractivity contribution in [1.82, 2.24) is 4.57 Å². The quantitative estimate of drug-likeness (QED) is 0.146. The molecule has 0 aliphatic heterocycles. The molecule has 0 spiro atoms. The molecule has 0 atom stereocenters. The molecule has 0 amide bonds. The highest BCUT2D eigenvalue weighted by molar-refractivity contribution is 5.85. The highest BCUT2D eigenvalue weighted by Gasteiger charge is 2.03. The van der Waals surface area contributed by atoms with Crippen LogP contribution in [-0.2, 0) is 30.3 Å². The van der Waals surface area contributed by atoms with Gasteiger partial charge >= 0.3 is 5.97 Å². The molecule has 12 nitrogen and oxygen atoms in total. The van der Waals surface area contributed by atoms with Gasteiger partial charge in [-0.15, -0.1) is 12.4 Å². The van der Waals surface area contributed by atoms with Crippen LogP contribution in [0.25, 0.3) is 10.4 Å². The third kappa shape index (κ3) is 14.6. The standard InChI is InChI=1S/C17H27N5O7.ClH/c18-21-20-4-6-27-8-10-29-12-11-28-9-7-26-5-3-19-15-1-2-16(23)22(13-15)14-17(24)25;/h1-2,13,19H,3-12,14H2,(H,24,25);1H. The van der Waals surface area contributed by atoms with E-state index in [9.17, 15) is 9.59 Å². The lowest BCUT2D eigenvalue weighted by molar-refractivity contribution is -0.137. The van der Waals surface area contributed by atoms with Gasteiger partial charge in [0.05, 0.1) is 58.5 Å². The average Bonchev–Trinajstić information content (AvgIpc) is 2.69. The fourth-order valence-corrected chi connectivity index (χ4v) is 2.08. The Bertz CT molecular complexity index is 697. The van der Waals surface area contributed by atoms with Gasteiger partial charge in [-0.2, -0.15) is 0 Å². The molecular formula is C17H28ClN5O7. The number of carboxylic acid groups (broad SMARTS) is 1. The maximum absolute atomic E-state index is 11.5. The molecule has 0 radical (unpaired) electrons. The van der Waals surface area contributed by atoms with Crippen molar-refractivity contribution in [3.05, 3.63) is 39.1 Å². The normalized spacial score (nSPS) is 10.1. The van der Waals surface area contributed by atoms with Gasteiger partial charge in [-0.1, -0.05) is 5.11 Å². The first-order valence-electron chi connectivity index (χ1n) is 9.11. The Morgan fingerprint density at radius 1 is 1.03 bits per heavy atom. The van der Waals surface area contributed by atoms with Crippen molar-refractivity contribution in [2.75, 3.05) is 71.3 Å². The number of aliphatic carboxylic acids is 1. The van der Waals surface area contributed by atoms with Crippen molar-refractivity contribution in [2.45, 2.75) is 6.54 Å². The van der Waals surface area contributed by atoms with Crippen LogP contribution in [0.4, 0.5) is 5.69 Å². The monoisotopic (exact) mass is 449 g/mol. The third-order valence-corrected chi connectivity index (χ3v) is 3.38. The number of azide groups is 1. The lowest BCUT2D eigenvalue weighted by Gasteiger charge is -2.10. The number of pyridine rings is 1. The summed E-state index contributed by atoms with van der Waals surface area (Å²) in [6.07, 6.45) is 1.46. The topological polar surface area (TPSA) is 157 Å². The molecule has 1 aromatic rings. The fraction of sp³-hybridized carbons (Fsp3) is 0.647. The number of aromatic nitrogens is 1. The van der Waals surface area contributed by atoms with E-state index in [-0.39, 0.29) is 24.5 Å². The van der Waals surface area contributed by atoms with Crippen molar-refractivity contribution < 1.29 is 28.8 Å². The van der Waals surface area contributed by atoms with Gasteiger partial charge in [0.25, 0.3) is 5.56 Å². The first kappa shape index (κ1) is 27.7. The number of anilines is 1. The summed E-state index contributed by atoms with van der Waals surface area (Å²) in [5.41, 5.74) is 8.36. The van der Waals surface area contributed by atoms with Crippen molar-refractivity contribution in [3.8, 4) is 0 Å². The molecule has 2 N–H and O–H groups in total. The van der Waals surface area contributed by atoms with Crippen molar-refractivity contribution >= 4 is 24.1 Å². The van der Waals surface area contributed by atoms with E-state index >= 15 is 0 Å². The van der Waals surface area contributed by atoms with Crippen LogP contribution in [0.15, 0.2) is 28.2 Å². The second-order valence-corrected chi connectivity index (χ2v) is 5.61. The van der Waals surface area contributed by atoms with E-state index in [2.05, 4.69) is 15.3 Å². The van der Waals surface area contributed by atoms with Crippen LogP contribution in [-0.4, -0.2) is 81.6 Å². The van der Waals surface area contributed by atoms with Crippen LogP contribution in [0.1, 0.15) is 0 Å². The van der Waals surface area contributed by atoms with Gasteiger partial charge in [-0.3, -0.25) is 9.59 Å². The number of hydrogen-bond acceptors (Lipinski definition) is 8. The lowest BCUT2D eigenvalue weighted by Crippen LogP contribution is -2.23. The Morgan fingerprint density at radius 2 is 1.60 bits per heavy atom.